The van der Waals surface area contributed by atoms with Gasteiger partial charge in [0.05, 0.1) is 25.4 Å². The Bertz CT molecular complexity index is 271. The SMILES string of the molecule is CC1CCC(CO)(NCC(O)COC2CCCC2)CC1. The van der Waals surface area contributed by atoms with Crippen molar-refractivity contribution in [3.8, 4) is 0 Å². The van der Waals surface area contributed by atoms with E-state index in [1.807, 2.05) is 0 Å². The molecule has 0 amide bonds. The summed E-state index contributed by atoms with van der Waals surface area (Å²) in [4.78, 5) is 0. The minimum atomic E-state index is -0.474. The molecular formula is C16H31NO3. The average Bonchev–Trinajstić information content (AvgIpc) is 2.98. The molecule has 0 aliphatic heterocycles. The van der Waals surface area contributed by atoms with Gasteiger partial charge >= 0.3 is 0 Å². The van der Waals surface area contributed by atoms with E-state index in [0.717, 1.165) is 44.4 Å². The van der Waals surface area contributed by atoms with Crippen LogP contribution in [0.15, 0.2) is 0 Å². The van der Waals surface area contributed by atoms with Crippen molar-refractivity contribution < 1.29 is 14.9 Å². The molecule has 1 atom stereocenters. The second-order valence-electron chi connectivity index (χ2n) is 6.90. The van der Waals surface area contributed by atoms with Crippen molar-refractivity contribution in [2.24, 2.45) is 5.92 Å². The van der Waals surface area contributed by atoms with Gasteiger partial charge < -0.3 is 20.3 Å². The summed E-state index contributed by atoms with van der Waals surface area (Å²) in [6, 6.07) is 0. The first-order chi connectivity index (χ1) is 9.63. The molecule has 0 aromatic carbocycles. The lowest BCUT2D eigenvalue weighted by Crippen LogP contribution is -2.53. The third-order valence-corrected chi connectivity index (χ3v) is 5.07. The fourth-order valence-electron chi connectivity index (χ4n) is 3.40. The second kappa shape index (κ2) is 7.74. The summed E-state index contributed by atoms with van der Waals surface area (Å²) >= 11 is 0. The highest BCUT2D eigenvalue weighted by Crippen LogP contribution is 2.31. The highest BCUT2D eigenvalue weighted by atomic mass is 16.5. The average molecular weight is 285 g/mol. The number of aliphatic hydroxyl groups is 2. The molecule has 20 heavy (non-hydrogen) atoms. The van der Waals surface area contributed by atoms with E-state index in [-0.39, 0.29) is 12.1 Å². The third-order valence-electron chi connectivity index (χ3n) is 5.07. The maximum atomic E-state index is 10.0. The van der Waals surface area contributed by atoms with E-state index in [9.17, 15) is 10.2 Å². The van der Waals surface area contributed by atoms with Gasteiger partial charge in [0.25, 0.3) is 0 Å². The Morgan fingerprint density at radius 1 is 1.20 bits per heavy atom. The van der Waals surface area contributed by atoms with Crippen LogP contribution in [0.5, 0.6) is 0 Å². The molecule has 2 saturated carbocycles. The maximum Gasteiger partial charge on any atom is 0.0898 e. The van der Waals surface area contributed by atoms with Crippen molar-refractivity contribution in [1.29, 1.82) is 0 Å². The molecule has 0 heterocycles. The Hall–Kier alpha value is -0.160. The van der Waals surface area contributed by atoms with Crippen LogP contribution in [0.25, 0.3) is 0 Å². The van der Waals surface area contributed by atoms with Crippen LogP contribution in [0.3, 0.4) is 0 Å². The van der Waals surface area contributed by atoms with Crippen LogP contribution < -0.4 is 5.32 Å². The summed E-state index contributed by atoms with van der Waals surface area (Å²) in [5.41, 5.74) is -0.180. The highest BCUT2D eigenvalue weighted by Gasteiger charge is 2.33. The number of rotatable bonds is 7. The maximum absolute atomic E-state index is 10.0. The summed E-state index contributed by atoms with van der Waals surface area (Å²) in [7, 11) is 0. The van der Waals surface area contributed by atoms with Crippen molar-refractivity contribution in [2.75, 3.05) is 19.8 Å². The minimum Gasteiger partial charge on any atom is -0.394 e. The Morgan fingerprint density at radius 2 is 1.85 bits per heavy atom. The van der Waals surface area contributed by atoms with Gasteiger partial charge in [-0.3, -0.25) is 0 Å². The lowest BCUT2D eigenvalue weighted by Gasteiger charge is -2.39. The van der Waals surface area contributed by atoms with Gasteiger partial charge in [0, 0.05) is 12.1 Å². The van der Waals surface area contributed by atoms with Crippen LogP contribution in [0.1, 0.15) is 58.3 Å². The van der Waals surface area contributed by atoms with Crippen LogP contribution >= 0.6 is 0 Å². The molecule has 0 radical (unpaired) electrons. The van der Waals surface area contributed by atoms with Crippen molar-refractivity contribution in [3.05, 3.63) is 0 Å². The fraction of sp³-hybridized carbons (Fsp3) is 1.00. The van der Waals surface area contributed by atoms with Gasteiger partial charge in [0.1, 0.15) is 0 Å². The normalized spacial score (nSPS) is 33.5. The van der Waals surface area contributed by atoms with Crippen molar-refractivity contribution in [1.82, 2.24) is 5.32 Å². The summed E-state index contributed by atoms with van der Waals surface area (Å²) in [6.07, 6.45) is 8.98. The van der Waals surface area contributed by atoms with Crippen molar-refractivity contribution >= 4 is 0 Å². The molecule has 2 fully saturated rings. The molecule has 0 aromatic rings. The van der Waals surface area contributed by atoms with Gasteiger partial charge in [-0.25, -0.2) is 0 Å². The second-order valence-corrected chi connectivity index (χ2v) is 6.90. The Kier molecular flexibility index (Phi) is 6.27. The summed E-state index contributed by atoms with van der Waals surface area (Å²) in [5.74, 6) is 0.757. The van der Waals surface area contributed by atoms with Gasteiger partial charge in [-0.2, -0.15) is 0 Å². The van der Waals surface area contributed by atoms with Crippen LogP contribution in [-0.4, -0.2) is 47.7 Å². The molecule has 0 spiro atoms. The predicted octanol–water partition coefficient (Wildman–Crippen LogP) is 1.84. The molecule has 0 bridgehead atoms. The largest absolute Gasteiger partial charge is 0.394 e. The van der Waals surface area contributed by atoms with Gasteiger partial charge in [-0.05, 0) is 44.4 Å². The van der Waals surface area contributed by atoms with Crippen molar-refractivity contribution in [2.45, 2.75) is 76.0 Å². The lowest BCUT2D eigenvalue weighted by molar-refractivity contribution is -0.0117. The van der Waals surface area contributed by atoms with E-state index in [1.54, 1.807) is 0 Å². The third kappa shape index (κ3) is 4.69. The number of aliphatic hydroxyl groups excluding tert-OH is 2. The molecule has 2 aliphatic carbocycles. The molecule has 0 aromatic heterocycles. The highest BCUT2D eigenvalue weighted by molar-refractivity contribution is 4.92. The summed E-state index contributed by atoms with van der Waals surface area (Å²) in [6.45, 7) is 3.36. The number of β-amino-alcohol motifs (C(OH)–C–C–N with tert-alkyl or cyclic N) is 1. The van der Waals surface area contributed by atoms with E-state index >= 15 is 0 Å². The molecule has 4 heteroatoms. The van der Waals surface area contributed by atoms with Gasteiger partial charge in [-0.15, -0.1) is 0 Å². The fourth-order valence-corrected chi connectivity index (χ4v) is 3.40. The van der Waals surface area contributed by atoms with Crippen molar-refractivity contribution in [3.63, 3.8) is 0 Å². The standard InChI is InChI=1S/C16H31NO3/c1-13-6-8-16(12-18,9-7-13)17-10-14(19)11-20-15-4-2-3-5-15/h13-15,17-19H,2-12H2,1H3. The smallest absolute Gasteiger partial charge is 0.0898 e. The van der Waals surface area contributed by atoms with E-state index in [4.69, 9.17) is 4.74 Å². The molecule has 2 aliphatic rings. The van der Waals surface area contributed by atoms with E-state index in [1.165, 1.54) is 12.8 Å². The molecule has 118 valence electrons. The van der Waals surface area contributed by atoms with Crippen LogP contribution in [-0.2, 0) is 4.74 Å². The van der Waals surface area contributed by atoms with E-state index in [2.05, 4.69) is 12.2 Å². The topological polar surface area (TPSA) is 61.7 Å². The van der Waals surface area contributed by atoms with Gasteiger partial charge in [0.2, 0.25) is 0 Å². The van der Waals surface area contributed by atoms with E-state index < -0.39 is 6.10 Å². The molecule has 0 saturated heterocycles. The molecule has 3 N–H and O–H groups in total. The monoisotopic (exact) mass is 285 g/mol. The Balaban J connectivity index is 1.66. The molecule has 1 unspecified atom stereocenters. The van der Waals surface area contributed by atoms with Crippen LogP contribution in [0.2, 0.25) is 0 Å². The quantitative estimate of drug-likeness (QED) is 0.668. The number of hydrogen-bond donors (Lipinski definition) is 3. The van der Waals surface area contributed by atoms with Gasteiger partial charge in [0.15, 0.2) is 0 Å². The summed E-state index contributed by atoms with van der Waals surface area (Å²) < 4.78 is 5.74. The molecular weight excluding hydrogens is 254 g/mol. The van der Waals surface area contributed by atoms with Gasteiger partial charge in [-0.1, -0.05) is 19.8 Å². The lowest BCUT2D eigenvalue weighted by atomic mass is 9.77. The van der Waals surface area contributed by atoms with Crippen LogP contribution in [0, 0.1) is 5.92 Å². The number of hydrogen-bond acceptors (Lipinski definition) is 4. The number of ether oxygens (including phenoxy) is 1. The zero-order valence-corrected chi connectivity index (χ0v) is 12.8. The van der Waals surface area contributed by atoms with E-state index in [0.29, 0.717) is 19.3 Å². The van der Waals surface area contributed by atoms with Crippen LogP contribution in [0.4, 0.5) is 0 Å². The first kappa shape index (κ1) is 16.2. The zero-order valence-electron chi connectivity index (χ0n) is 12.8. The first-order valence-electron chi connectivity index (χ1n) is 8.29. The molecule has 4 nitrogen and oxygen atoms in total. The molecule has 2 rings (SSSR count). The first-order valence-corrected chi connectivity index (χ1v) is 8.29. The Morgan fingerprint density at radius 3 is 2.45 bits per heavy atom. The number of nitrogens with one attached hydrogen (secondary N) is 1. The Labute approximate surface area is 122 Å². The zero-order chi connectivity index (χ0) is 14.4. The summed E-state index contributed by atoms with van der Waals surface area (Å²) in [5, 5.41) is 23.1. The predicted molar refractivity (Wildman–Crippen MR) is 79.7 cm³/mol. The minimum absolute atomic E-state index is 0.163.